The Labute approximate surface area is 113 Å². The van der Waals surface area contributed by atoms with Gasteiger partial charge in [-0.1, -0.05) is 18.9 Å². The van der Waals surface area contributed by atoms with Crippen molar-refractivity contribution in [2.45, 2.75) is 31.7 Å². The summed E-state index contributed by atoms with van der Waals surface area (Å²) in [5.41, 5.74) is 0. The van der Waals surface area contributed by atoms with E-state index in [4.69, 9.17) is 10.2 Å². The number of aliphatic hydroxyl groups is 1. The predicted octanol–water partition coefficient (Wildman–Crippen LogP) is 0.916. The third kappa shape index (κ3) is 4.55. The van der Waals surface area contributed by atoms with Gasteiger partial charge in [-0.15, -0.1) is 6.58 Å². The van der Waals surface area contributed by atoms with E-state index in [2.05, 4.69) is 6.58 Å². The van der Waals surface area contributed by atoms with Gasteiger partial charge in [-0.25, -0.2) is 4.79 Å². The van der Waals surface area contributed by atoms with Crippen molar-refractivity contribution < 1.29 is 19.8 Å². The van der Waals surface area contributed by atoms with E-state index in [0.29, 0.717) is 0 Å². The Kier molecular flexibility index (Phi) is 6.35. The van der Waals surface area contributed by atoms with E-state index < -0.39 is 5.97 Å². The molecule has 0 heterocycles. The van der Waals surface area contributed by atoms with Crippen LogP contribution < -0.4 is 0 Å². The summed E-state index contributed by atoms with van der Waals surface area (Å²) in [6, 6.07) is -0.219. The molecule has 1 saturated carbocycles. The zero-order valence-electron chi connectivity index (χ0n) is 11.1. The molecule has 0 aliphatic heterocycles. The van der Waals surface area contributed by atoms with E-state index in [9.17, 15) is 9.59 Å². The minimum atomic E-state index is -1.05. The Hall–Kier alpha value is -1.56. The van der Waals surface area contributed by atoms with Gasteiger partial charge in [-0.2, -0.15) is 0 Å². The number of carboxylic acid groups (broad SMARTS) is 1. The van der Waals surface area contributed by atoms with Crippen LogP contribution in [-0.4, -0.2) is 64.3 Å². The lowest BCUT2D eigenvalue weighted by Gasteiger charge is -2.33. The van der Waals surface area contributed by atoms with Crippen LogP contribution in [0.1, 0.15) is 25.7 Å². The van der Waals surface area contributed by atoms with E-state index in [-0.39, 0.29) is 38.3 Å². The topological polar surface area (TPSA) is 81.1 Å². The molecular weight excluding hydrogens is 248 g/mol. The molecule has 0 saturated heterocycles. The average molecular weight is 270 g/mol. The van der Waals surface area contributed by atoms with E-state index in [1.165, 1.54) is 11.0 Å². The van der Waals surface area contributed by atoms with E-state index in [0.717, 1.165) is 25.7 Å². The minimum Gasteiger partial charge on any atom is -0.480 e. The lowest BCUT2D eigenvalue weighted by atomic mass is 10.2. The molecule has 0 aromatic carbocycles. The van der Waals surface area contributed by atoms with Gasteiger partial charge in [0.05, 0.1) is 6.61 Å². The first kappa shape index (κ1) is 15.5. The summed E-state index contributed by atoms with van der Waals surface area (Å²) in [5, 5.41) is 17.9. The van der Waals surface area contributed by atoms with Gasteiger partial charge in [-0.05, 0) is 12.8 Å². The van der Waals surface area contributed by atoms with Crippen LogP contribution in [0.15, 0.2) is 12.7 Å². The molecule has 2 N–H and O–H groups in total. The summed E-state index contributed by atoms with van der Waals surface area (Å²) in [4.78, 5) is 26.0. The van der Waals surface area contributed by atoms with Crippen LogP contribution in [-0.2, 0) is 4.79 Å². The zero-order valence-corrected chi connectivity index (χ0v) is 11.1. The molecule has 1 aliphatic carbocycles. The summed E-state index contributed by atoms with van der Waals surface area (Å²) >= 11 is 0. The number of aliphatic hydroxyl groups excluding tert-OH is 1. The van der Waals surface area contributed by atoms with Crippen LogP contribution in [0.4, 0.5) is 4.79 Å². The molecule has 2 amide bonds. The van der Waals surface area contributed by atoms with Crippen LogP contribution >= 0.6 is 0 Å². The summed E-state index contributed by atoms with van der Waals surface area (Å²) in [6.45, 7) is 3.52. The molecule has 0 unspecified atom stereocenters. The third-order valence-corrected chi connectivity index (χ3v) is 3.30. The first-order valence-corrected chi connectivity index (χ1v) is 6.59. The fourth-order valence-electron chi connectivity index (χ4n) is 2.47. The highest BCUT2D eigenvalue weighted by Gasteiger charge is 2.29. The van der Waals surface area contributed by atoms with Gasteiger partial charge in [0.15, 0.2) is 0 Å². The monoisotopic (exact) mass is 270 g/mol. The highest BCUT2D eigenvalue weighted by molar-refractivity contribution is 5.80. The largest absolute Gasteiger partial charge is 0.480 e. The van der Waals surface area contributed by atoms with Crippen molar-refractivity contribution in [2.75, 3.05) is 26.2 Å². The average Bonchev–Trinajstić information content (AvgIpc) is 2.87. The SMILES string of the molecule is C=CCN(CC(=O)O)C(=O)N(CCO)C1CCCC1. The number of nitrogens with zero attached hydrogens (tertiary/aromatic N) is 2. The van der Waals surface area contributed by atoms with E-state index >= 15 is 0 Å². The van der Waals surface area contributed by atoms with Crippen LogP contribution in [0, 0.1) is 0 Å². The van der Waals surface area contributed by atoms with Crippen molar-refractivity contribution in [2.24, 2.45) is 0 Å². The zero-order chi connectivity index (χ0) is 14.3. The van der Waals surface area contributed by atoms with Crippen molar-refractivity contribution >= 4 is 12.0 Å². The highest BCUT2D eigenvalue weighted by atomic mass is 16.4. The van der Waals surface area contributed by atoms with Crippen molar-refractivity contribution in [3.05, 3.63) is 12.7 Å². The minimum absolute atomic E-state index is 0.112. The predicted molar refractivity (Wildman–Crippen MR) is 70.8 cm³/mol. The second-order valence-electron chi connectivity index (χ2n) is 4.70. The molecule has 0 atom stereocenters. The summed E-state index contributed by atoms with van der Waals surface area (Å²) in [5.74, 6) is -1.05. The highest BCUT2D eigenvalue weighted by Crippen LogP contribution is 2.24. The molecule has 1 aliphatic rings. The molecule has 1 rings (SSSR count). The second-order valence-corrected chi connectivity index (χ2v) is 4.70. The number of aliphatic carboxylic acids is 1. The Balaban J connectivity index is 2.75. The number of rotatable bonds is 7. The third-order valence-electron chi connectivity index (χ3n) is 3.30. The van der Waals surface area contributed by atoms with Gasteiger partial charge >= 0.3 is 12.0 Å². The number of amides is 2. The van der Waals surface area contributed by atoms with Crippen molar-refractivity contribution in [3.8, 4) is 0 Å². The van der Waals surface area contributed by atoms with Gasteiger partial charge in [0.25, 0.3) is 0 Å². The van der Waals surface area contributed by atoms with Crippen LogP contribution in [0.2, 0.25) is 0 Å². The molecule has 6 heteroatoms. The first-order valence-electron chi connectivity index (χ1n) is 6.59. The Bertz CT molecular complexity index is 327. The second kappa shape index (κ2) is 7.78. The standard InChI is InChI=1S/C13H22N2O4/c1-2-7-14(10-12(17)18)13(19)15(8-9-16)11-5-3-4-6-11/h2,11,16H,1,3-10H2,(H,17,18). The van der Waals surface area contributed by atoms with Crippen LogP contribution in [0.25, 0.3) is 0 Å². The van der Waals surface area contributed by atoms with Crippen LogP contribution in [0.5, 0.6) is 0 Å². The van der Waals surface area contributed by atoms with Gasteiger partial charge in [-0.3, -0.25) is 4.79 Å². The Morgan fingerprint density at radius 1 is 1.32 bits per heavy atom. The quantitative estimate of drug-likeness (QED) is 0.674. The maximum absolute atomic E-state index is 12.4. The summed E-state index contributed by atoms with van der Waals surface area (Å²) < 4.78 is 0. The molecule has 0 aromatic rings. The maximum atomic E-state index is 12.4. The summed E-state index contributed by atoms with van der Waals surface area (Å²) in [7, 11) is 0. The normalized spacial score (nSPS) is 15.2. The first-order chi connectivity index (χ1) is 9.10. The number of urea groups is 1. The Morgan fingerprint density at radius 3 is 2.42 bits per heavy atom. The fraction of sp³-hybridized carbons (Fsp3) is 0.692. The van der Waals surface area contributed by atoms with Crippen LogP contribution in [0.3, 0.4) is 0 Å². The van der Waals surface area contributed by atoms with E-state index in [1.807, 2.05) is 0 Å². The molecule has 19 heavy (non-hydrogen) atoms. The van der Waals surface area contributed by atoms with Gasteiger partial charge < -0.3 is 20.0 Å². The van der Waals surface area contributed by atoms with Crippen molar-refractivity contribution in [3.63, 3.8) is 0 Å². The number of hydrogen-bond donors (Lipinski definition) is 2. The van der Waals surface area contributed by atoms with Crippen molar-refractivity contribution in [1.82, 2.24) is 9.80 Å². The molecule has 1 fully saturated rings. The number of carboxylic acids is 1. The Morgan fingerprint density at radius 2 is 1.95 bits per heavy atom. The van der Waals surface area contributed by atoms with Gasteiger partial charge in [0, 0.05) is 19.1 Å². The maximum Gasteiger partial charge on any atom is 0.323 e. The van der Waals surface area contributed by atoms with Crippen molar-refractivity contribution in [1.29, 1.82) is 0 Å². The number of carbonyl (C=O) groups is 2. The molecule has 0 bridgehead atoms. The number of carbonyl (C=O) groups excluding carboxylic acids is 1. The summed E-state index contributed by atoms with van der Waals surface area (Å²) in [6.07, 6.45) is 5.48. The fourth-order valence-corrected chi connectivity index (χ4v) is 2.47. The van der Waals surface area contributed by atoms with Gasteiger partial charge in [0.1, 0.15) is 6.54 Å². The molecule has 0 aromatic heterocycles. The smallest absolute Gasteiger partial charge is 0.323 e. The molecule has 6 nitrogen and oxygen atoms in total. The molecular formula is C13H22N2O4. The molecule has 0 spiro atoms. The molecule has 0 radical (unpaired) electrons. The lowest BCUT2D eigenvalue weighted by Crippen LogP contribution is -2.50. The number of hydrogen-bond acceptors (Lipinski definition) is 3. The lowest BCUT2D eigenvalue weighted by molar-refractivity contribution is -0.137. The van der Waals surface area contributed by atoms with E-state index in [1.54, 1.807) is 4.90 Å². The van der Waals surface area contributed by atoms with Gasteiger partial charge in [0.2, 0.25) is 0 Å². The molecule has 108 valence electrons.